The largest absolute Gasteiger partial charge is 0.332 e. The maximum atomic E-state index is 13.2. The van der Waals surface area contributed by atoms with Crippen molar-refractivity contribution >= 4 is 50.7 Å². The Kier molecular flexibility index (Phi) is 5.04. The van der Waals surface area contributed by atoms with Gasteiger partial charge in [-0.25, -0.2) is 4.39 Å². The fourth-order valence-electron chi connectivity index (χ4n) is 3.44. The first-order valence-electron chi connectivity index (χ1n) is 9.80. The highest BCUT2D eigenvalue weighted by Crippen LogP contribution is 2.20. The predicted octanol–water partition coefficient (Wildman–Crippen LogP) is 4.84. The molecule has 0 saturated carbocycles. The molecule has 6 nitrogen and oxygen atoms in total. The summed E-state index contributed by atoms with van der Waals surface area (Å²) >= 11 is 5.33. The van der Waals surface area contributed by atoms with Gasteiger partial charge < -0.3 is 5.32 Å². The molecule has 1 amide bonds. The summed E-state index contributed by atoms with van der Waals surface area (Å²) < 4.78 is 13.2. The topological polar surface area (TPSA) is 71.8 Å². The van der Waals surface area contributed by atoms with E-state index in [1.807, 2.05) is 36.4 Å². The Morgan fingerprint density at radius 3 is 2.47 bits per heavy atom. The molecule has 0 radical (unpaired) electrons. The molecule has 0 aliphatic heterocycles. The minimum Gasteiger partial charge on any atom is -0.332 e. The number of thiocarbonyl (C=S) groups is 1. The Labute approximate surface area is 187 Å². The van der Waals surface area contributed by atoms with E-state index < -0.39 is 0 Å². The van der Waals surface area contributed by atoms with Gasteiger partial charge in [-0.05, 0) is 71.5 Å². The molecule has 0 unspecified atom stereocenters. The summed E-state index contributed by atoms with van der Waals surface area (Å²) in [6, 6.07) is 24.5. The summed E-state index contributed by atoms with van der Waals surface area (Å²) in [7, 11) is 0. The van der Waals surface area contributed by atoms with Gasteiger partial charge in [0.1, 0.15) is 16.9 Å². The molecule has 2 N–H and O–H groups in total. The van der Waals surface area contributed by atoms with Crippen molar-refractivity contribution < 1.29 is 9.18 Å². The monoisotopic (exact) mass is 441 g/mol. The SMILES string of the molecule is O=C(NC(=S)Nc1ccc2nn(-c3ccc(F)cc3)nc2c1)c1cccc2ccccc12. The lowest BCUT2D eigenvalue weighted by atomic mass is 10.0. The Hall–Kier alpha value is -4.17. The number of amides is 1. The second-order valence-electron chi connectivity index (χ2n) is 7.10. The first-order chi connectivity index (χ1) is 15.6. The maximum Gasteiger partial charge on any atom is 0.258 e. The van der Waals surface area contributed by atoms with Gasteiger partial charge in [-0.2, -0.15) is 4.80 Å². The zero-order valence-electron chi connectivity index (χ0n) is 16.6. The molecule has 1 aromatic heterocycles. The first-order valence-corrected chi connectivity index (χ1v) is 10.2. The lowest BCUT2D eigenvalue weighted by Gasteiger charge is -2.11. The van der Waals surface area contributed by atoms with Crippen molar-refractivity contribution in [2.45, 2.75) is 0 Å². The second kappa shape index (κ2) is 8.16. The summed E-state index contributed by atoms with van der Waals surface area (Å²) in [6.07, 6.45) is 0. The number of halogens is 1. The van der Waals surface area contributed by atoms with Crippen molar-refractivity contribution in [2.75, 3.05) is 5.32 Å². The van der Waals surface area contributed by atoms with Crippen LogP contribution in [-0.4, -0.2) is 26.0 Å². The van der Waals surface area contributed by atoms with Gasteiger partial charge in [0, 0.05) is 11.3 Å². The fourth-order valence-corrected chi connectivity index (χ4v) is 3.65. The van der Waals surface area contributed by atoms with Crippen molar-refractivity contribution in [3.63, 3.8) is 0 Å². The van der Waals surface area contributed by atoms with Gasteiger partial charge >= 0.3 is 0 Å². The molecule has 0 aliphatic rings. The number of carbonyl (C=O) groups is 1. The van der Waals surface area contributed by atoms with Crippen LogP contribution in [-0.2, 0) is 0 Å². The zero-order valence-corrected chi connectivity index (χ0v) is 17.4. The van der Waals surface area contributed by atoms with Gasteiger partial charge in [-0.1, -0.05) is 36.4 Å². The summed E-state index contributed by atoms with van der Waals surface area (Å²) in [5.74, 6) is -0.612. The minimum atomic E-state index is -0.323. The van der Waals surface area contributed by atoms with Crippen molar-refractivity contribution in [1.82, 2.24) is 20.3 Å². The number of anilines is 1. The molecule has 32 heavy (non-hydrogen) atoms. The van der Waals surface area contributed by atoms with Gasteiger partial charge in [0.25, 0.3) is 5.91 Å². The fraction of sp³-hybridized carbons (Fsp3) is 0. The molecular formula is C24H16FN5OS. The zero-order chi connectivity index (χ0) is 22.1. The van der Waals surface area contributed by atoms with Crippen LogP contribution >= 0.6 is 12.2 Å². The molecule has 0 bridgehead atoms. The lowest BCUT2D eigenvalue weighted by Crippen LogP contribution is -2.34. The number of fused-ring (bicyclic) bond motifs is 2. The normalized spacial score (nSPS) is 10.9. The number of aromatic nitrogens is 3. The molecule has 0 spiro atoms. The van der Waals surface area contributed by atoms with Crippen LogP contribution in [0.1, 0.15) is 10.4 Å². The third-order valence-corrected chi connectivity index (χ3v) is 5.16. The number of nitrogens with zero attached hydrogens (tertiary/aromatic N) is 3. The highest BCUT2D eigenvalue weighted by atomic mass is 32.1. The van der Waals surface area contributed by atoms with Gasteiger partial charge in [0.15, 0.2) is 5.11 Å². The smallest absolute Gasteiger partial charge is 0.258 e. The summed E-state index contributed by atoms with van der Waals surface area (Å²) in [4.78, 5) is 14.2. The van der Waals surface area contributed by atoms with E-state index in [0.717, 1.165) is 10.8 Å². The molecular weight excluding hydrogens is 425 g/mol. The predicted molar refractivity (Wildman–Crippen MR) is 126 cm³/mol. The van der Waals surface area contributed by atoms with E-state index in [1.165, 1.54) is 16.9 Å². The van der Waals surface area contributed by atoms with Crippen molar-refractivity contribution in [3.8, 4) is 5.69 Å². The average molecular weight is 441 g/mol. The van der Waals surface area contributed by atoms with E-state index >= 15 is 0 Å². The van der Waals surface area contributed by atoms with Gasteiger partial charge in [0.2, 0.25) is 0 Å². The van der Waals surface area contributed by atoms with Crippen LogP contribution in [0, 0.1) is 5.82 Å². The van der Waals surface area contributed by atoms with Gasteiger partial charge in [-0.15, -0.1) is 10.2 Å². The number of nitrogens with one attached hydrogen (secondary N) is 2. The van der Waals surface area contributed by atoms with Crippen molar-refractivity contribution in [1.29, 1.82) is 0 Å². The molecule has 156 valence electrons. The van der Waals surface area contributed by atoms with Crippen LogP contribution in [0.25, 0.3) is 27.5 Å². The summed E-state index contributed by atoms with van der Waals surface area (Å²) in [5.41, 5.74) is 3.15. The Morgan fingerprint density at radius 2 is 1.62 bits per heavy atom. The molecule has 4 aromatic carbocycles. The van der Waals surface area contributed by atoms with Crippen LogP contribution < -0.4 is 10.6 Å². The van der Waals surface area contributed by atoms with Crippen LogP contribution in [0.15, 0.2) is 84.9 Å². The molecule has 0 atom stereocenters. The van der Waals surface area contributed by atoms with Gasteiger partial charge in [0.05, 0.1) is 5.69 Å². The highest BCUT2D eigenvalue weighted by molar-refractivity contribution is 7.80. The number of hydrogen-bond donors (Lipinski definition) is 2. The highest BCUT2D eigenvalue weighted by Gasteiger charge is 2.12. The molecule has 8 heteroatoms. The third kappa shape index (κ3) is 3.91. The number of benzene rings is 4. The quantitative estimate of drug-likeness (QED) is 0.392. The first kappa shape index (κ1) is 19.8. The minimum absolute atomic E-state index is 0.174. The van der Waals surface area contributed by atoms with Crippen LogP contribution in [0.2, 0.25) is 0 Å². The summed E-state index contributed by atoms with van der Waals surface area (Å²) in [6.45, 7) is 0. The number of rotatable bonds is 3. The van der Waals surface area contributed by atoms with Crippen LogP contribution in [0.4, 0.5) is 10.1 Å². The Bertz CT molecular complexity index is 1470. The third-order valence-electron chi connectivity index (χ3n) is 4.96. The molecule has 0 aliphatic carbocycles. The van der Waals surface area contributed by atoms with E-state index in [1.54, 1.807) is 36.4 Å². The number of carbonyl (C=O) groups excluding carboxylic acids is 1. The Balaban J connectivity index is 1.33. The second-order valence-corrected chi connectivity index (χ2v) is 7.51. The summed E-state index contributed by atoms with van der Waals surface area (Å²) in [5, 5.41) is 16.6. The van der Waals surface area contributed by atoms with E-state index in [2.05, 4.69) is 20.8 Å². The van der Waals surface area contributed by atoms with E-state index in [9.17, 15) is 9.18 Å². The molecule has 0 saturated heterocycles. The van der Waals surface area contributed by atoms with E-state index in [4.69, 9.17) is 12.2 Å². The molecule has 1 heterocycles. The van der Waals surface area contributed by atoms with Crippen molar-refractivity contribution in [2.24, 2.45) is 0 Å². The number of hydrogen-bond acceptors (Lipinski definition) is 4. The lowest BCUT2D eigenvalue weighted by molar-refractivity contribution is 0.0979. The van der Waals surface area contributed by atoms with Gasteiger partial charge in [-0.3, -0.25) is 10.1 Å². The standard InChI is InChI=1S/C24H16FN5OS/c25-16-8-11-18(12-9-16)30-28-21-13-10-17(14-22(21)29-30)26-24(32)27-23(31)20-7-3-5-15-4-1-2-6-19(15)20/h1-14H,(H2,26,27,31,32). The van der Waals surface area contributed by atoms with E-state index in [0.29, 0.717) is 28.0 Å². The maximum absolute atomic E-state index is 13.2. The average Bonchev–Trinajstić information content (AvgIpc) is 3.22. The molecule has 5 rings (SSSR count). The Morgan fingerprint density at radius 1 is 0.875 bits per heavy atom. The molecule has 0 fully saturated rings. The van der Waals surface area contributed by atoms with Crippen molar-refractivity contribution in [3.05, 3.63) is 96.3 Å². The van der Waals surface area contributed by atoms with E-state index in [-0.39, 0.29) is 16.8 Å². The molecule has 5 aromatic rings. The van der Waals surface area contributed by atoms with Crippen LogP contribution in [0.5, 0.6) is 0 Å². The van der Waals surface area contributed by atoms with Crippen LogP contribution in [0.3, 0.4) is 0 Å².